The van der Waals surface area contributed by atoms with Gasteiger partial charge in [-0.1, -0.05) is 15.9 Å². The summed E-state index contributed by atoms with van der Waals surface area (Å²) < 4.78 is 20.7. The third-order valence-electron chi connectivity index (χ3n) is 2.92. The molecule has 0 aliphatic heterocycles. The van der Waals surface area contributed by atoms with Crippen molar-refractivity contribution >= 4 is 27.5 Å². The number of carbonyl (C=O) groups excluding carboxylic acids is 1. The number of ether oxygens (including phenoxy) is 1. The molecule has 0 N–H and O–H groups in total. The fourth-order valence-corrected chi connectivity index (χ4v) is 2.27. The number of benzene rings is 1. The Kier molecular flexibility index (Phi) is 3.42. The summed E-state index contributed by atoms with van der Waals surface area (Å²) in [6.45, 7) is 0. The Hall–Kier alpha value is -2.28. The van der Waals surface area contributed by atoms with Crippen LogP contribution in [0.1, 0.15) is 10.4 Å². The van der Waals surface area contributed by atoms with Crippen LogP contribution in [0, 0.1) is 5.82 Å². The summed E-state index contributed by atoms with van der Waals surface area (Å²) in [5.41, 5.74) is 1.14. The van der Waals surface area contributed by atoms with E-state index in [9.17, 15) is 9.18 Å². The molecule has 5 nitrogen and oxygen atoms in total. The second kappa shape index (κ2) is 5.25. The number of fused-ring (bicyclic) bond motifs is 1. The van der Waals surface area contributed by atoms with Crippen LogP contribution in [0.25, 0.3) is 17.0 Å². The van der Waals surface area contributed by atoms with E-state index in [1.807, 2.05) is 0 Å². The van der Waals surface area contributed by atoms with E-state index >= 15 is 0 Å². The molecule has 2 heterocycles. The predicted octanol–water partition coefficient (Wildman–Crippen LogP) is 3.08. The minimum atomic E-state index is -0.470. The Morgan fingerprint density at radius 1 is 1.33 bits per heavy atom. The van der Waals surface area contributed by atoms with Crippen molar-refractivity contribution in [1.29, 1.82) is 0 Å². The van der Waals surface area contributed by atoms with Gasteiger partial charge in [0.2, 0.25) is 0 Å². The zero-order chi connectivity index (χ0) is 15.0. The molecule has 0 spiro atoms. The van der Waals surface area contributed by atoms with Gasteiger partial charge in [0, 0.05) is 10.7 Å². The molecular formula is C14H9BrFN3O2. The number of pyridine rings is 1. The Bertz CT molecular complexity index is 847. The molecule has 106 valence electrons. The number of rotatable bonds is 2. The van der Waals surface area contributed by atoms with Crippen molar-refractivity contribution in [2.75, 3.05) is 7.11 Å². The smallest absolute Gasteiger partial charge is 0.339 e. The van der Waals surface area contributed by atoms with Crippen LogP contribution in [0.2, 0.25) is 0 Å². The van der Waals surface area contributed by atoms with E-state index < -0.39 is 11.8 Å². The monoisotopic (exact) mass is 349 g/mol. The Labute approximate surface area is 127 Å². The number of aromatic nitrogens is 3. The summed E-state index contributed by atoms with van der Waals surface area (Å²) in [7, 11) is 1.30. The van der Waals surface area contributed by atoms with Gasteiger partial charge in [-0.3, -0.25) is 0 Å². The van der Waals surface area contributed by atoms with Crippen LogP contribution in [0.3, 0.4) is 0 Å². The maximum absolute atomic E-state index is 13.9. The third kappa shape index (κ3) is 2.52. The molecule has 1 aromatic carbocycles. The second-order valence-corrected chi connectivity index (χ2v) is 5.19. The van der Waals surface area contributed by atoms with Gasteiger partial charge in [-0.15, -0.1) is 5.10 Å². The van der Waals surface area contributed by atoms with Crippen LogP contribution in [0.5, 0.6) is 0 Å². The third-order valence-corrected chi connectivity index (χ3v) is 3.41. The molecule has 21 heavy (non-hydrogen) atoms. The maximum Gasteiger partial charge on any atom is 0.339 e. The van der Waals surface area contributed by atoms with Gasteiger partial charge in [0.1, 0.15) is 5.82 Å². The first-order valence-corrected chi connectivity index (χ1v) is 6.78. The van der Waals surface area contributed by atoms with Gasteiger partial charge in [0.05, 0.1) is 18.2 Å². The fraction of sp³-hybridized carbons (Fsp3) is 0.0714. The number of hydrogen-bond acceptors (Lipinski definition) is 4. The first-order chi connectivity index (χ1) is 10.1. The van der Waals surface area contributed by atoms with Gasteiger partial charge >= 0.3 is 5.97 Å². The molecule has 3 aromatic rings. The zero-order valence-corrected chi connectivity index (χ0v) is 12.5. The second-order valence-electron chi connectivity index (χ2n) is 4.27. The quantitative estimate of drug-likeness (QED) is 0.667. The number of hydrogen-bond donors (Lipinski definition) is 0. The number of halogens is 2. The van der Waals surface area contributed by atoms with Gasteiger partial charge in [-0.05, 0) is 30.3 Å². The van der Waals surface area contributed by atoms with E-state index in [1.54, 1.807) is 24.3 Å². The van der Waals surface area contributed by atoms with Crippen molar-refractivity contribution in [2.45, 2.75) is 0 Å². The largest absolute Gasteiger partial charge is 0.465 e. The molecule has 0 saturated heterocycles. The molecule has 0 aliphatic rings. The number of carbonyl (C=O) groups is 1. The molecule has 0 unspecified atom stereocenters. The summed E-state index contributed by atoms with van der Waals surface area (Å²) in [4.78, 5) is 15.7. The van der Waals surface area contributed by atoms with E-state index in [-0.39, 0.29) is 11.4 Å². The van der Waals surface area contributed by atoms with Crippen LogP contribution >= 0.6 is 15.9 Å². The SMILES string of the molecule is COC(=O)c1ccc2nc(-c3cc(Br)ccc3F)nn2c1. The molecule has 2 aromatic heterocycles. The van der Waals surface area contributed by atoms with Crippen molar-refractivity contribution in [1.82, 2.24) is 14.6 Å². The predicted molar refractivity (Wildman–Crippen MR) is 77.4 cm³/mol. The van der Waals surface area contributed by atoms with Gasteiger partial charge in [0.25, 0.3) is 0 Å². The minimum Gasteiger partial charge on any atom is -0.465 e. The lowest BCUT2D eigenvalue weighted by Gasteiger charge is -1.98. The van der Waals surface area contributed by atoms with Crippen molar-refractivity contribution in [2.24, 2.45) is 0 Å². The van der Waals surface area contributed by atoms with Crippen molar-refractivity contribution in [3.8, 4) is 11.4 Å². The average Bonchev–Trinajstić information content (AvgIpc) is 2.91. The Balaban J connectivity index is 2.13. The summed E-state index contributed by atoms with van der Waals surface area (Å²) in [6, 6.07) is 7.75. The summed E-state index contributed by atoms with van der Waals surface area (Å²) >= 11 is 3.29. The standard InChI is InChI=1S/C14H9BrFN3O2/c1-21-14(20)8-2-5-12-17-13(18-19(12)7-8)10-6-9(15)3-4-11(10)16/h2-7H,1H3. The van der Waals surface area contributed by atoms with Crippen molar-refractivity contribution < 1.29 is 13.9 Å². The van der Waals surface area contributed by atoms with Gasteiger partial charge in [0.15, 0.2) is 11.5 Å². The summed E-state index contributed by atoms with van der Waals surface area (Å²) in [5, 5.41) is 4.20. The zero-order valence-electron chi connectivity index (χ0n) is 10.9. The summed E-state index contributed by atoms with van der Waals surface area (Å²) in [5.74, 6) is -0.638. The molecule has 0 saturated carbocycles. The molecule has 7 heteroatoms. The van der Waals surface area contributed by atoms with Gasteiger partial charge in [-0.2, -0.15) is 0 Å². The highest BCUT2D eigenvalue weighted by molar-refractivity contribution is 9.10. The van der Waals surface area contributed by atoms with Crippen molar-refractivity contribution in [3.05, 3.63) is 52.4 Å². The van der Waals surface area contributed by atoms with E-state index in [1.165, 1.54) is 23.9 Å². The fourth-order valence-electron chi connectivity index (χ4n) is 1.90. The van der Waals surface area contributed by atoms with Gasteiger partial charge < -0.3 is 4.74 Å². The summed E-state index contributed by atoms with van der Waals surface area (Å²) in [6.07, 6.45) is 1.49. The van der Waals surface area contributed by atoms with Crippen LogP contribution in [-0.4, -0.2) is 27.7 Å². The number of nitrogens with zero attached hydrogens (tertiary/aromatic N) is 3. The molecule has 0 fully saturated rings. The van der Waals surface area contributed by atoms with E-state index in [2.05, 4.69) is 30.7 Å². The number of esters is 1. The normalized spacial score (nSPS) is 10.8. The first kappa shape index (κ1) is 13.7. The van der Waals surface area contributed by atoms with E-state index in [0.29, 0.717) is 11.2 Å². The molecule has 0 bridgehead atoms. The van der Waals surface area contributed by atoms with Crippen LogP contribution in [0.4, 0.5) is 4.39 Å². The van der Waals surface area contributed by atoms with E-state index in [4.69, 9.17) is 0 Å². The van der Waals surface area contributed by atoms with Crippen LogP contribution < -0.4 is 0 Å². The average molecular weight is 350 g/mol. The highest BCUT2D eigenvalue weighted by Gasteiger charge is 2.13. The molecule has 3 rings (SSSR count). The van der Waals surface area contributed by atoms with Gasteiger partial charge in [-0.25, -0.2) is 18.7 Å². The Morgan fingerprint density at radius 3 is 2.90 bits per heavy atom. The molecular weight excluding hydrogens is 341 g/mol. The topological polar surface area (TPSA) is 56.5 Å². The molecule has 0 aliphatic carbocycles. The molecule has 0 radical (unpaired) electrons. The minimum absolute atomic E-state index is 0.246. The lowest BCUT2D eigenvalue weighted by molar-refractivity contribution is 0.0600. The van der Waals surface area contributed by atoms with Crippen molar-refractivity contribution in [3.63, 3.8) is 0 Å². The Morgan fingerprint density at radius 2 is 2.14 bits per heavy atom. The maximum atomic E-state index is 13.9. The van der Waals surface area contributed by atoms with Crippen LogP contribution in [0.15, 0.2) is 41.0 Å². The first-order valence-electron chi connectivity index (χ1n) is 5.98. The van der Waals surface area contributed by atoms with Crippen LogP contribution in [-0.2, 0) is 4.74 Å². The van der Waals surface area contributed by atoms with E-state index in [0.717, 1.165) is 4.47 Å². The highest BCUT2D eigenvalue weighted by atomic mass is 79.9. The molecule has 0 amide bonds. The highest BCUT2D eigenvalue weighted by Crippen LogP contribution is 2.24. The molecule has 0 atom stereocenters. The number of methoxy groups -OCH3 is 1. The lowest BCUT2D eigenvalue weighted by atomic mass is 10.2. The lowest BCUT2D eigenvalue weighted by Crippen LogP contribution is -2.03.